The Kier molecular flexibility index (Phi) is 4.13. The molecule has 2 rings (SSSR count). The van der Waals surface area contributed by atoms with Crippen molar-refractivity contribution in [2.75, 3.05) is 6.54 Å². The molecule has 2 unspecified atom stereocenters. The number of rotatable bonds is 4. The molecule has 1 aliphatic heterocycles. The Morgan fingerprint density at radius 1 is 1.32 bits per heavy atom. The number of carbonyl (C=O) groups excluding carboxylic acids is 1. The maximum atomic E-state index is 11.8. The van der Waals surface area contributed by atoms with E-state index in [1.165, 1.54) is 12.1 Å². The van der Waals surface area contributed by atoms with Gasteiger partial charge in [0.1, 0.15) is 0 Å². The summed E-state index contributed by atoms with van der Waals surface area (Å²) in [4.78, 5) is 22.4. The first-order valence-electron chi connectivity index (χ1n) is 6.07. The molecule has 0 bridgehead atoms. The van der Waals surface area contributed by atoms with Crippen LogP contribution in [0.15, 0.2) is 24.3 Å². The predicted molar refractivity (Wildman–Crippen MR) is 67.7 cm³/mol. The van der Waals surface area contributed by atoms with Crippen molar-refractivity contribution in [1.29, 1.82) is 0 Å². The number of carbonyl (C=O) groups is 2. The van der Waals surface area contributed by atoms with E-state index >= 15 is 0 Å². The third-order valence-electron chi connectivity index (χ3n) is 3.09. The molecule has 0 aromatic heterocycles. The first kappa shape index (κ1) is 13.5. The van der Waals surface area contributed by atoms with Crippen molar-refractivity contribution in [3.05, 3.63) is 35.4 Å². The summed E-state index contributed by atoms with van der Waals surface area (Å²) in [6.07, 6.45) is -0.0466. The average Bonchev–Trinajstić information content (AvgIpc) is 2.83. The van der Waals surface area contributed by atoms with Gasteiger partial charge in [-0.25, -0.2) is 4.79 Å². The quantitative estimate of drug-likeness (QED) is 0.600. The van der Waals surface area contributed by atoms with Crippen molar-refractivity contribution in [3.63, 3.8) is 0 Å². The minimum absolute atomic E-state index is 0.154. The average molecular weight is 264 g/mol. The molecule has 6 heteroatoms. The monoisotopic (exact) mass is 264 g/mol. The first-order valence-corrected chi connectivity index (χ1v) is 6.07. The molecule has 0 spiro atoms. The molecule has 0 saturated carbocycles. The van der Waals surface area contributed by atoms with E-state index in [4.69, 9.17) is 5.11 Å². The Hall–Kier alpha value is -1.92. The lowest BCUT2D eigenvalue weighted by Crippen LogP contribution is -2.39. The third-order valence-corrected chi connectivity index (χ3v) is 3.09. The number of amides is 1. The largest absolute Gasteiger partial charge is 0.478 e. The van der Waals surface area contributed by atoms with Gasteiger partial charge in [0.2, 0.25) is 5.91 Å². The Morgan fingerprint density at radius 2 is 2.00 bits per heavy atom. The maximum Gasteiger partial charge on any atom is 0.335 e. The SMILES string of the molecule is O=C(O)c1ccc(CNC(=O)C2CC(O)CN2)cc1. The second-order valence-electron chi connectivity index (χ2n) is 4.57. The van der Waals surface area contributed by atoms with Gasteiger partial charge in [-0.3, -0.25) is 4.79 Å². The fourth-order valence-corrected chi connectivity index (χ4v) is 1.99. The van der Waals surface area contributed by atoms with Crippen LogP contribution in [-0.2, 0) is 11.3 Å². The second-order valence-corrected chi connectivity index (χ2v) is 4.57. The summed E-state index contributed by atoms with van der Waals surface area (Å²) in [6.45, 7) is 0.776. The Balaban J connectivity index is 1.85. The Bertz CT molecular complexity index is 472. The van der Waals surface area contributed by atoms with Gasteiger partial charge in [-0.1, -0.05) is 12.1 Å². The molecule has 4 N–H and O–H groups in total. The van der Waals surface area contributed by atoms with E-state index in [2.05, 4.69) is 10.6 Å². The number of aliphatic hydroxyl groups excluding tert-OH is 1. The lowest BCUT2D eigenvalue weighted by Gasteiger charge is -2.11. The van der Waals surface area contributed by atoms with Crippen LogP contribution < -0.4 is 10.6 Å². The molecule has 1 amide bonds. The van der Waals surface area contributed by atoms with Gasteiger partial charge in [0.05, 0.1) is 17.7 Å². The molecule has 6 nitrogen and oxygen atoms in total. The second kappa shape index (κ2) is 5.81. The molecule has 19 heavy (non-hydrogen) atoms. The summed E-state index contributed by atoms with van der Waals surface area (Å²) in [5.41, 5.74) is 1.05. The molecule has 1 aliphatic rings. The van der Waals surface area contributed by atoms with E-state index in [1.807, 2.05) is 0 Å². The van der Waals surface area contributed by atoms with E-state index in [-0.39, 0.29) is 17.5 Å². The number of nitrogens with one attached hydrogen (secondary N) is 2. The zero-order valence-electron chi connectivity index (χ0n) is 10.3. The first-order chi connectivity index (χ1) is 9.06. The van der Waals surface area contributed by atoms with E-state index in [0.29, 0.717) is 19.5 Å². The molecular weight excluding hydrogens is 248 g/mol. The fourth-order valence-electron chi connectivity index (χ4n) is 1.99. The van der Waals surface area contributed by atoms with Crippen LogP contribution in [0, 0.1) is 0 Å². The molecule has 1 heterocycles. The summed E-state index contributed by atoms with van der Waals surface area (Å²) in [5, 5.41) is 23.8. The fraction of sp³-hybridized carbons (Fsp3) is 0.385. The standard InChI is InChI=1S/C13H16N2O4/c16-10-5-11(14-7-10)12(17)15-6-8-1-3-9(4-2-8)13(18)19/h1-4,10-11,14,16H,5-7H2,(H,15,17)(H,18,19). The Morgan fingerprint density at radius 3 is 2.53 bits per heavy atom. The normalized spacial score (nSPS) is 22.2. The minimum Gasteiger partial charge on any atom is -0.478 e. The van der Waals surface area contributed by atoms with Gasteiger partial charge in [-0.15, -0.1) is 0 Å². The number of β-amino-alcohol motifs (C(OH)–C–C–N with tert-alkyl or cyclic N) is 1. The highest BCUT2D eigenvalue weighted by Gasteiger charge is 2.27. The van der Waals surface area contributed by atoms with E-state index in [9.17, 15) is 14.7 Å². The van der Waals surface area contributed by atoms with Crippen LogP contribution in [0.25, 0.3) is 0 Å². The summed E-state index contributed by atoms with van der Waals surface area (Å²) in [6, 6.07) is 5.98. The van der Waals surface area contributed by atoms with Gasteiger partial charge in [0.15, 0.2) is 0 Å². The zero-order valence-corrected chi connectivity index (χ0v) is 10.3. The van der Waals surface area contributed by atoms with Gasteiger partial charge >= 0.3 is 5.97 Å². The molecule has 1 aromatic rings. The Labute approximate surface area is 110 Å². The van der Waals surface area contributed by atoms with Gasteiger partial charge in [0, 0.05) is 13.1 Å². The summed E-state index contributed by atoms with van der Waals surface area (Å²) in [5.74, 6) is -1.13. The van der Waals surface area contributed by atoms with Crippen molar-refractivity contribution in [2.45, 2.75) is 25.1 Å². The van der Waals surface area contributed by atoms with E-state index in [1.54, 1.807) is 12.1 Å². The number of hydrogen-bond donors (Lipinski definition) is 4. The molecule has 1 fully saturated rings. The molecule has 0 radical (unpaired) electrons. The topological polar surface area (TPSA) is 98.7 Å². The van der Waals surface area contributed by atoms with Crippen molar-refractivity contribution >= 4 is 11.9 Å². The van der Waals surface area contributed by atoms with Crippen LogP contribution in [0.2, 0.25) is 0 Å². The minimum atomic E-state index is -0.972. The van der Waals surface area contributed by atoms with Crippen molar-refractivity contribution in [2.24, 2.45) is 0 Å². The molecule has 1 saturated heterocycles. The van der Waals surface area contributed by atoms with Crippen LogP contribution in [-0.4, -0.2) is 40.8 Å². The zero-order chi connectivity index (χ0) is 13.8. The number of carboxylic acid groups (broad SMARTS) is 1. The lowest BCUT2D eigenvalue weighted by atomic mass is 10.1. The molecular formula is C13H16N2O4. The summed E-state index contributed by atoms with van der Waals surface area (Å²) in [7, 11) is 0. The summed E-state index contributed by atoms with van der Waals surface area (Å²) < 4.78 is 0. The molecule has 1 aromatic carbocycles. The number of aliphatic hydroxyl groups is 1. The van der Waals surface area contributed by atoms with Crippen LogP contribution in [0.5, 0.6) is 0 Å². The lowest BCUT2D eigenvalue weighted by molar-refractivity contribution is -0.123. The van der Waals surface area contributed by atoms with Gasteiger partial charge < -0.3 is 20.8 Å². The highest BCUT2D eigenvalue weighted by atomic mass is 16.4. The molecule has 0 aliphatic carbocycles. The van der Waals surface area contributed by atoms with Gasteiger partial charge in [0.25, 0.3) is 0 Å². The van der Waals surface area contributed by atoms with Crippen molar-refractivity contribution in [3.8, 4) is 0 Å². The highest BCUT2D eigenvalue weighted by Crippen LogP contribution is 2.07. The number of benzene rings is 1. The summed E-state index contributed by atoms with van der Waals surface area (Å²) >= 11 is 0. The van der Waals surface area contributed by atoms with Crippen molar-refractivity contribution in [1.82, 2.24) is 10.6 Å². The molecule has 2 atom stereocenters. The van der Waals surface area contributed by atoms with Gasteiger partial charge in [-0.2, -0.15) is 0 Å². The number of hydrogen-bond acceptors (Lipinski definition) is 4. The van der Waals surface area contributed by atoms with Crippen LogP contribution >= 0.6 is 0 Å². The molecule has 102 valence electrons. The number of carboxylic acids is 1. The maximum absolute atomic E-state index is 11.8. The highest BCUT2D eigenvalue weighted by molar-refractivity contribution is 5.87. The van der Waals surface area contributed by atoms with Crippen LogP contribution in [0.4, 0.5) is 0 Å². The third kappa shape index (κ3) is 3.52. The van der Waals surface area contributed by atoms with Crippen molar-refractivity contribution < 1.29 is 19.8 Å². The van der Waals surface area contributed by atoms with Crippen LogP contribution in [0.3, 0.4) is 0 Å². The van der Waals surface area contributed by atoms with Gasteiger partial charge in [-0.05, 0) is 24.1 Å². The van der Waals surface area contributed by atoms with E-state index in [0.717, 1.165) is 5.56 Å². The smallest absolute Gasteiger partial charge is 0.335 e. The predicted octanol–water partition coefficient (Wildman–Crippen LogP) is -0.276. The van der Waals surface area contributed by atoms with E-state index < -0.39 is 12.1 Å². The van der Waals surface area contributed by atoms with Crippen LogP contribution in [0.1, 0.15) is 22.3 Å². The number of aromatic carboxylic acids is 1.